The quantitative estimate of drug-likeness (QED) is 0.688. The molecule has 1 N–H and O–H groups in total. The zero-order valence-electron chi connectivity index (χ0n) is 6.50. The zero-order chi connectivity index (χ0) is 7.68. The van der Waals surface area contributed by atoms with Crippen molar-refractivity contribution in [1.82, 2.24) is 15.5 Å². The minimum absolute atomic E-state index is 0.487. The van der Waals surface area contributed by atoms with Gasteiger partial charge in [0.1, 0.15) is 10.0 Å². The Bertz CT molecular complexity index is 240. The van der Waals surface area contributed by atoms with Crippen molar-refractivity contribution in [3.8, 4) is 0 Å². The molecule has 0 bridgehead atoms. The van der Waals surface area contributed by atoms with E-state index in [1.807, 2.05) is 6.92 Å². The van der Waals surface area contributed by atoms with E-state index in [2.05, 4.69) is 15.5 Å². The van der Waals surface area contributed by atoms with Crippen LogP contribution in [0.3, 0.4) is 0 Å². The fraction of sp³-hybridized carbons (Fsp3) is 0.714. The largest absolute Gasteiger partial charge is 0.308 e. The van der Waals surface area contributed by atoms with Gasteiger partial charge in [0.15, 0.2) is 0 Å². The highest BCUT2D eigenvalue weighted by Gasteiger charge is 2.19. The van der Waals surface area contributed by atoms with Crippen molar-refractivity contribution in [2.75, 3.05) is 6.54 Å². The molecule has 2 rings (SSSR count). The summed E-state index contributed by atoms with van der Waals surface area (Å²) in [5.41, 5.74) is 0. The van der Waals surface area contributed by atoms with Crippen LogP contribution in [0.4, 0.5) is 0 Å². The van der Waals surface area contributed by atoms with E-state index in [-0.39, 0.29) is 0 Å². The fourth-order valence-electron chi connectivity index (χ4n) is 1.35. The van der Waals surface area contributed by atoms with E-state index in [4.69, 9.17) is 0 Å². The van der Waals surface area contributed by atoms with Crippen molar-refractivity contribution < 1.29 is 0 Å². The lowest BCUT2D eigenvalue weighted by Crippen LogP contribution is -2.12. The first-order valence-electron chi connectivity index (χ1n) is 3.89. The first-order chi connectivity index (χ1) is 5.36. The summed E-state index contributed by atoms with van der Waals surface area (Å²) in [6, 6.07) is 0.487. The summed E-state index contributed by atoms with van der Waals surface area (Å²) in [4.78, 5) is 0. The van der Waals surface area contributed by atoms with Crippen LogP contribution < -0.4 is 5.32 Å². The molecule has 1 aliphatic rings. The van der Waals surface area contributed by atoms with Gasteiger partial charge in [0.2, 0.25) is 0 Å². The molecule has 1 aliphatic heterocycles. The second-order valence-corrected chi connectivity index (χ2v) is 4.02. The van der Waals surface area contributed by atoms with Gasteiger partial charge in [-0.05, 0) is 26.3 Å². The lowest BCUT2D eigenvalue weighted by molar-refractivity contribution is 0.635. The zero-order valence-corrected chi connectivity index (χ0v) is 7.32. The van der Waals surface area contributed by atoms with E-state index in [1.54, 1.807) is 11.3 Å². The normalized spacial score (nSPS) is 24.3. The molecule has 2 heterocycles. The van der Waals surface area contributed by atoms with Crippen LogP contribution in [0.15, 0.2) is 0 Å². The van der Waals surface area contributed by atoms with Gasteiger partial charge < -0.3 is 5.32 Å². The molecule has 4 heteroatoms. The summed E-state index contributed by atoms with van der Waals surface area (Å²) in [5.74, 6) is 0. The average molecular weight is 169 g/mol. The lowest BCUT2D eigenvalue weighted by Gasteiger charge is -2.02. The third-order valence-corrected chi connectivity index (χ3v) is 2.85. The van der Waals surface area contributed by atoms with Crippen molar-refractivity contribution >= 4 is 11.3 Å². The number of aryl methyl sites for hydroxylation is 1. The molecule has 60 valence electrons. The van der Waals surface area contributed by atoms with E-state index >= 15 is 0 Å². The molecule has 0 aromatic carbocycles. The minimum Gasteiger partial charge on any atom is -0.308 e. The standard InChI is InChI=1S/C7H11N3S/c1-5-9-10-7(11-5)6-3-2-4-8-6/h6,8H,2-4H2,1H3/t6-/m0/s1. The summed E-state index contributed by atoms with van der Waals surface area (Å²) in [7, 11) is 0. The first-order valence-corrected chi connectivity index (χ1v) is 4.71. The van der Waals surface area contributed by atoms with E-state index < -0.39 is 0 Å². The number of aromatic nitrogens is 2. The summed E-state index contributed by atoms with van der Waals surface area (Å²) >= 11 is 1.70. The predicted molar refractivity (Wildman–Crippen MR) is 44.6 cm³/mol. The minimum atomic E-state index is 0.487. The van der Waals surface area contributed by atoms with Gasteiger partial charge in [-0.2, -0.15) is 0 Å². The van der Waals surface area contributed by atoms with E-state index in [0.717, 1.165) is 16.6 Å². The third kappa shape index (κ3) is 1.41. The molecule has 3 nitrogen and oxygen atoms in total. The van der Waals surface area contributed by atoms with Crippen LogP contribution in [0, 0.1) is 6.92 Å². The number of nitrogens with one attached hydrogen (secondary N) is 1. The Balaban J connectivity index is 2.15. The molecule has 0 radical (unpaired) electrons. The van der Waals surface area contributed by atoms with Crippen molar-refractivity contribution in [3.63, 3.8) is 0 Å². The van der Waals surface area contributed by atoms with Crippen molar-refractivity contribution in [2.24, 2.45) is 0 Å². The third-order valence-electron chi connectivity index (χ3n) is 1.90. The smallest absolute Gasteiger partial charge is 0.134 e. The lowest BCUT2D eigenvalue weighted by atomic mass is 10.2. The van der Waals surface area contributed by atoms with Crippen LogP contribution in [0.2, 0.25) is 0 Å². The Morgan fingerprint density at radius 3 is 3.00 bits per heavy atom. The molecule has 0 aliphatic carbocycles. The summed E-state index contributed by atoms with van der Waals surface area (Å²) in [6.45, 7) is 3.12. The Labute approximate surface area is 69.8 Å². The van der Waals surface area contributed by atoms with Crippen LogP contribution in [0.5, 0.6) is 0 Å². The van der Waals surface area contributed by atoms with Gasteiger partial charge in [0.25, 0.3) is 0 Å². The Kier molecular flexibility index (Phi) is 1.87. The van der Waals surface area contributed by atoms with Crippen LogP contribution in [0.25, 0.3) is 0 Å². The molecular formula is C7H11N3S. The summed E-state index contributed by atoms with van der Waals surface area (Å²) in [6.07, 6.45) is 2.48. The highest BCUT2D eigenvalue weighted by atomic mass is 32.1. The second kappa shape index (κ2) is 2.87. The Morgan fingerprint density at radius 1 is 1.55 bits per heavy atom. The maximum Gasteiger partial charge on any atom is 0.134 e. The van der Waals surface area contributed by atoms with Gasteiger partial charge in [-0.1, -0.05) is 0 Å². The number of hydrogen-bond donors (Lipinski definition) is 1. The molecule has 1 saturated heterocycles. The van der Waals surface area contributed by atoms with Gasteiger partial charge in [-0.15, -0.1) is 21.5 Å². The second-order valence-electron chi connectivity index (χ2n) is 2.81. The highest BCUT2D eigenvalue weighted by molar-refractivity contribution is 7.11. The monoisotopic (exact) mass is 169 g/mol. The van der Waals surface area contributed by atoms with Gasteiger partial charge in [-0.3, -0.25) is 0 Å². The van der Waals surface area contributed by atoms with Crippen LogP contribution in [-0.4, -0.2) is 16.7 Å². The maximum absolute atomic E-state index is 4.10. The van der Waals surface area contributed by atoms with E-state index in [1.165, 1.54) is 12.8 Å². The average Bonchev–Trinajstić information content (AvgIpc) is 2.55. The van der Waals surface area contributed by atoms with Crippen LogP contribution >= 0.6 is 11.3 Å². The van der Waals surface area contributed by atoms with Gasteiger partial charge >= 0.3 is 0 Å². The fourth-order valence-corrected chi connectivity index (χ4v) is 2.16. The molecule has 1 aromatic rings. The van der Waals surface area contributed by atoms with Crippen LogP contribution in [0.1, 0.15) is 28.9 Å². The molecular weight excluding hydrogens is 158 g/mol. The van der Waals surface area contributed by atoms with Crippen LogP contribution in [-0.2, 0) is 0 Å². The molecule has 1 aromatic heterocycles. The molecule has 0 amide bonds. The van der Waals surface area contributed by atoms with E-state index in [0.29, 0.717) is 6.04 Å². The van der Waals surface area contributed by atoms with Gasteiger partial charge in [-0.25, -0.2) is 0 Å². The molecule has 1 fully saturated rings. The SMILES string of the molecule is Cc1nnc([C@@H]2CCCN2)s1. The van der Waals surface area contributed by atoms with Gasteiger partial charge in [0, 0.05) is 0 Å². The molecule has 0 spiro atoms. The Hall–Kier alpha value is -0.480. The van der Waals surface area contributed by atoms with Crippen molar-refractivity contribution in [1.29, 1.82) is 0 Å². The number of hydrogen-bond acceptors (Lipinski definition) is 4. The van der Waals surface area contributed by atoms with E-state index in [9.17, 15) is 0 Å². The van der Waals surface area contributed by atoms with Crippen molar-refractivity contribution in [3.05, 3.63) is 10.0 Å². The Morgan fingerprint density at radius 2 is 2.45 bits per heavy atom. The van der Waals surface area contributed by atoms with Crippen molar-refractivity contribution in [2.45, 2.75) is 25.8 Å². The molecule has 1 atom stereocenters. The molecule has 0 unspecified atom stereocenters. The maximum atomic E-state index is 4.10. The predicted octanol–water partition coefficient (Wildman–Crippen LogP) is 1.27. The highest BCUT2D eigenvalue weighted by Crippen LogP contribution is 2.24. The summed E-state index contributed by atoms with van der Waals surface area (Å²) < 4.78 is 0. The van der Waals surface area contributed by atoms with Gasteiger partial charge in [0.05, 0.1) is 6.04 Å². The molecule has 0 saturated carbocycles. The number of rotatable bonds is 1. The molecule has 11 heavy (non-hydrogen) atoms. The summed E-state index contributed by atoms with van der Waals surface area (Å²) in [5, 5.41) is 13.7. The first kappa shape index (κ1) is 7.18. The number of nitrogens with zero attached hydrogens (tertiary/aromatic N) is 2. The topological polar surface area (TPSA) is 37.8 Å².